The number of rotatable bonds is 5. The second kappa shape index (κ2) is 6.43. The fourth-order valence-corrected chi connectivity index (χ4v) is 3.42. The first-order chi connectivity index (χ1) is 9.48. The lowest BCUT2D eigenvalue weighted by Crippen LogP contribution is -2.07. The summed E-state index contributed by atoms with van der Waals surface area (Å²) in [4.78, 5) is 52.0. The zero-order valence-electron chi connectivity index (χ0n) is 10.8. The van der Waals surface area contributed by atoms with E-state index in [1.165, 1.54) is 13.1 Å². The minimum Gasteiger partial charge on any atom is -0.506 e. The quantitative estimate of drug-likeness (QED) is 0.270. The number of hydrogen-bond donors (Lipinski definition) is 7. The average molecular weight is 341 g/mol. The first-order valence-corrected chi connectivity index (χ1v) is 8.70. The van der Waals surface area contributed by atoms with E-state index < -0.39 is 33.9 Å². The van der Waals surface area contributed by atoms with Gasteiger partial charge in [0, 0.05) is 17.3 Å². The molecule has 118 valence electrons. The van der Waals surface area contributed by atoms with E-state index in [-0.39, 0.29) is 22.6 Å². The molecule has 10 nitrogen and oxygen atoms in total. The number of aliphatic hydroxyl groups is 1. The van der Waals surface area contributed by atoms with Gasteiger partial charge >= 0.3 is 20.7 Å². The first-order valence-electron chi connectivity index (χ1n) is 5.44. The van der Waals surface area contributed by atoms with Crippen molar-refractivity contribution in [3.05, 3.63) is 23.0 Å². The van der Waals surface area contributed by atoms with Gasteiger partial charge in [-0.15, -0.1) is 0 Å². The highest BCUT2D eigenvalue weighted by molar-refractivity contribution is 8.00. The Kier molecular flexibility index (Phi) is 5.54. The van der Waals surface area contributed by atoms with Gasteiger partial charge in [-0.2, -0.15) is 14.7 Å². The van der Waals surface area contributed by atoms with E-state index in [4.69, 9.17) is 29.6 Å². The van der Waals surface area contributed by atoms with Crippen LogP contribution in [0.2, 0.25) is 0 Å². The number of aryl methyl sites for hydroxylation is 1. The molecule has 0 saturated heterocycles. The third-order valence-corrected chi connectivity index (χ3v) is 5.44. The molecule has 0 bridgehead atoms. The molecule has 1 rings (SSSR count). The number of aromatic nitrogens is 1. The molecule has 0 fully saturated rings. The number of aromatic hydroxyl groups is 1. The van der Waals surface area contributed by atoms with Crippen LogP contribution in [-0.4, -0.2) is 44.9 Å². The maximum absolute atomic E-state index is 11.1. The number of hydrogen-bond acceptors (Lipinski definition) is 8. The molecule has 7 N–H and O–H groups in total. The Balaban J connectivity index is 3.31. The van der Waals surface area contributed by atoms with Gasteiger partial charge in [0.05, 0.1) is 18.8 Å². The van der Waals surface area contributed by atoms with E-state index in [1.807, 2.05) is 0 Å². The summed E-state index contributed by atoms with van der Waals surface area (Å²) in [6, 6.07) is 0. The molecule has 1 aromatic heterocycles. The van der Waals surface area contributed by atoms with E-state index in [0.717, 1.165) is 0 Å². The topological polar surface area (TPSA) is 184 Å². The summed E-state index contributed by atoms with van der Waals surface area (Å²) in [5.41, 5.74) is 0.335. The van der Waals surface area contributed by atoms with Gasteiger partial charge in [-0.05, 0) is 6.92 Å². The first kappa shape index (κ1) is 18.1. The van der Waals surface area contributed by atoms with Crippen LogP contribution in [0.1, 0.15) is 16.8 Å². The van der Waals surface area contributed by atoms with E-state index in [0.29, 0.717) is 0 Å². The lowest BCUT2D eigenvalue weighted by Gasteiger charge is -2.11. The van der Waals surface area contributed by atoms with Gasteiger partial charge < -0.3 is 20.0 Å². The summed E-state index contributed by atoms with van der Waals surface area (Å²) in [5.74, 6) is -0.354. The zero-order valence-corrected chi connectivity index (χ0v) is 12.6. The Morgan fingerprint density at radius 2 is 1.95 bits per heavy atom. The Labute approximate surface area is 119 Å². The summed E-state index contributed by atoms with van der Waals surface area (Å²) in [7, 11) is -10.2. The Hall–Kier alpha value is -0.960. The molecule has 0 radical (unpaired) electrons. The SMILES string of the molecule is Cc1ncc(CO)c(CN=C(P(=O)(O)O)[P+](O)(O)O)c1O. The molecule has 0 aliphatic rings. The molecule has 0 aliphatic carbocycles. The third-order valence-electron chi connectivity index (χ3n) is 2.51. The van der Waals surface area contributed by atoms with Crippen molar-refractivity contribution < 1.29 is 39.2 Å². The maximum atomic E-state index is 11.1. The van der Waals surface area contributed by atoms with Crippen LogP contribution in [0.25, 0.3) is 0 Å². The van der Waals surface area contributed by atoms with Crippen LogP contribution in [0.5, 0.6) is 5.75 Å². The van der Waals surface area contributed by atoms with Crippen molar-refractivity contribution in [2.24, 2.45) is 4.99 Å². The summed E-state index contributed by atoms with van der Waals surface area (Å²) in [5, 5.41) is 17.5. The Morgan fingerprint density at radius 3 is 2.38 bits per heavy atom. The molecule has 21 heavy (non-hydrogen) atoms. The molecule has 0 amide bonds. The average Bonchev–Trinajstić information content (AvgIpc) is 2.31. The second-order valence-electron chi connectivity index (χ2n) is 4.08. The van der Waals surface area contributed by atoms with Crippen LogP contribution in [0.15, 0.2) is 11.2 Å². The minimum absolute atomic E-state index is 0.00407. The number of aliphatic hydroxyl groups excluding tert-OH is 1. The van der Waals surface area contributed by atoms with E-state index in [2.05, 4.69) is 9.98 Å². The highest BCUT2D eigenvalue weighted by Gasteiger charge is 2.51. The van der Waals surface area contributed by atoms with Gasteiger partial charge in [0.25, 0.3) is 0 Å². The van der Waals surface area contributed by atoms with Crippen LogP contribution in [-0.2, 0) is 17.7 Å². The van der Waals surface area contributed by atoms with Gasteiger partial charge in [0.15, 0.2) is 0 Å². The summed E-state index contributed by atoms with van der Waals surface area (Å²) >= 11 is 0. The van der Waals surface area contributed by atoms with Crippen molar-refractivity contribution in [1.82, 2.24) is 4.98 Å². The largest absolute Gasteiger partial charge is 0.506 e. The minimum atomic E-state index is -5.20. The van der Waals surface area contributed by atoms with Crippen molar-refractivity contribution in [3.63, 3.8) is 0 Å². The summed E-state index contributed by atoms with van der Waals surface area (Å²) < 4.78 is 11.1. The molecule has 0 aliphatic heterocycles. The van der Waals surface area contributed by atoms with Crippen LogP contribution in [0, 0.1) is 6.92 Å². The molecule has 12 heteroatoms. The molecule has 0 saturated carbocycles. The molecule has 0 spiro atoms. The lowest BCUT2D eigenvalue weighted by molar-refractivity contribution is 0.279. The lowest BCUT2D eigenvalue weighted by atomic mass is 10.1. The van der Waals surface area contributed by atoms with Crippen LogP contribution in [0.4, 0.5) is 0 Å². The third kappa shape index (κ3) is 4.50. The normalized spacial score (nSPS) is 13.6. The monoisotopic (exact) mass is 341 g/mol. The van der Waals surface area contributed by atoms with Crippen LogP contribution in [0.3, 0.4) is 0 Å². The van der Waals surface area contributed by atoms with Gasteiger partial charge in [0.2, 0.25) is 0 Å². The van der Waals surface area contributed by atoms with Crippen molar-refractivity contribution in [1.29, 1.82) is 0 Å². The highest BCUT2D eigenvalue weighted by atomic mass is 31.3. The van der Waals surface area contributed by atoms with Crippen molar-refractivity contribution in [2.45, 2.75) is 20.1 Å². The molecular weight excluding hydrogens is 326 g/mol. The molecule has 0 unspecified atom stereocenters. The molecule has 1 heterocycles. The number of aliphatic imine (C=N–C) groups is 1. The smallest absolute Gasteiger partial charge is 0.469 e. The van der Waals surface area contributed by atoms with Crippen molar-refractivity contribution in [3.8, 4) is 5.75 Å². The fourth-order valence-electron chi connectivity index (χ4n) is 1.51. The predicted molar refractivity (Wildman–Crippen MR) is 73.3 cm³/mol. The fraction of sp³-hybridized carbons (Fsp3) is 0.333. The number of pyridine rings is 1. The van der Waals surface area contributed by atoms with Gasteiger partial charge in [-0.1, -0.05) is 0 Å². The Morgan fingerprint density at radius 1 is 1.38 bits per heavy atom. The van der Waals surface area contributed by atoms with E-state index in [1.54, 1.807) is 0 Å². The standard InChI is InChI=1S/C9H14N2O8P2/c1-5-8(13)7(6(4-12)2-10-5)3-11-9(20(14,15)16)21(17,18)19/h2,12,14-16H,3-4H2,1H3,(H2-,13,17,18,19)/p+1. The van der Waals surface area contributed by atoms with Gasteiger partial charge in [-0.3, -0.25) is 4.98 Å². The Bertz CT molecular complexity index is 607. The second-order valence-corrected chi connectivity index (χ2v) is 7.51. The van der Waals surface area contributed by atoms with Gasteiger partial charge in [0.1, 0.15) is 5.75 Å². The number of nitrogens with zero attached hydrogens (tertiary/aromatic N) is 2. The summed E-state index contributed by atoms with van der Waals surface area (Å²) in [6.07, 6.45) is 1.23. The van der Waals surface area contributed by atoms with Crippen molar-refractivity contribution >= 4 is 20.7 Å². The van der Waals surface area contributed by atoms with E-state index in [9.17, 15) is 9.67 Å². The highest BCUT2D eigenvalue weighted by Crippen LogP contribution is 2.60. The van der Waals surface area contributed by atoms with Crippen LogP contribution < -0.4 is 0 Å². The zero-order chi connectivity index (χ0) is 16.4. The van der Waals surface area contributed by atoms with Crippen molar-refractivity contribution in [2.75, 3.05) is 0 Å². The molecular formula is C9H15N2O8P2+. The predicted octanol–water partition coefficient (Wildman–Crippen LogP) is -0.639. The molecule has 0 atom stereocenters. The summed E-state index contributed by atoms with van der Waals surface area (Å²) in [6.45, 7) is 0.346. The molecule has 0 aromatic carbocycles. The maximum Gasteiger partial charge on any atom is 0.469 e. The van der Waals surface area contributed by atoms with Crippen LogP contribution >= 0.6 is 15.5 Å². The van der Waals surface area contributed by atoms with E-state index >= 15 is 0 Å². The molecule has 1 aromatic rings. The van der Waals surface area contributed by atoms with Gasteiger partial charge in [-0.25, -0.2) is 9.56 Å².